The molecule has 1 unspecified atom stereocenters. The highest BCUT2D eigenvalue weighted by atomic mass is 19.1. The first-order chi connectivity index (χ1) is 9.02. The molecule has 1 N–H and O–H groups in total. The molecule has 1 rings (SSSR count). The molecule has 0 saturated heterocycles. The summed E-state index contributed by atoms with van der Waals surface area (Å²) in [6.07, 6.45) is 0.381. The average Bonchev–Trinajstić information content (AvgIpc) is 2.36. The molecule has 1 atom stereocenters. The van der Waals surface area contributed by atoms with E-state index >= 15 is 0 Å². The van der Waals surface area contributed by atoms with Gasteiger partial charge in [0.1, 0.15) is 5.82 Å². The summed E-state index contributed by atoms with van der Waals surface area (Å²) in [6, 6.07) is 6.07. The lowest BCUT2D eigenvalue weighted by molar-refractivity contribution is -0.152. The van der Waals surface area contributed by atoms with Crippen molar-refractivity contribution in [3.63, 3.8) is 0 Å². The predicted molar refractivity (Wildman–Crippen MR) is 68.9 cm³/mol. The van der Waals surface area contributed by atoms with Crippen molar-refractivity contribution in [1.82, 2.24) is 5.32 Å². The molecule has 0 aromatic heterocycles. The quantitative estimate of drug-likeness (QED) is 0.798. The van der Waals surface area contributed by atoms with Crippen LogP contribution in [0.1, 0.15) is 19.4 Å². The van der Waals surface area contributed by atoms with Gasteiger partial charge in [0.2, 0.25) is 0 Å². The van der Waals surface area contributed by atoms with E-state index in [1.54, 1.807) is 26.0 Å². The number of benzene rings is 1. The van der Waals surface area contributed by atoms with E-state index < -0.39 is 11.9 Å². The normalized spacial score (nSPS) is 11.7. The third-order valence-electron chi connectivity index (χ3n) is 2.55. The Hall–Kier alpha value is -1.91. The fraction of sp³-hybridized carbons (Fsp3) is 0.429. The molecule has 0 spiro atoms. The first kappa shape index (κ1) is 15.1. The standard InChI is InChI=1S/C14H18FNO3/c1-3-16-13(17)9-19-14(18)10(2)7-11-5-4-6-12(15)8-11/h4-6,8,10H,3,7,9H2,1-2H3,(H,16,17). The number of ether oxygens (including phenoxy) is 1. The molecule has 0 aliphatic carbocycles. The highest BCUT2D eigenvalue weighted by Crippen LogP contribution is 2.11. The number of esters is 1. The lowest BCUT2D eigenvalue weighted by Crippen LogP contribution is -2.30. The van der Waals surface area contributed by atoms with Crippen molar-refractivity contribution in [1.29, 1.82) is 0 Å². The van der Waals surface area contributed by atoms with Crippen LogP contribution in [0, 0.1) is 11.7 Å². The molecule has 0 aliphatic heterocycles. The first-order valence-corrected chi connectivity index (χ1v) is 6.20. The molecule has 0 radical (unpaired) electrons. The lowest BCUT2D eigenvalue weighted by atomic mass is 10.0. The van der Waals surface area contributed by atoms with Crippen LogP contribution in [-0.2, 0) is 20.7 Å². The van der Waals surface area contributed by atoms with Crippen molar-refractivity contribution in [2.45, 2.75) is 20.3 Å². The van der Waals surface area contributed by atoms with Gasteiger partial charge in [0.25, 0.3) is 5.91 Å². The molecular weight excluding hydrogens is 249 g/mol. The van der Waals surface area contributed by atoms with Gasteiger partial charge in [0.15, 0.2) is 6.61 Å². The smallest absolute Gasteiger partial charge is 0.309 e. The maximum Gasteiger partial charge on any atom is 0.309 e. The molecule has 104 valence electrons. The van der Waals surface area contributed by atoms with E-state index in [2.05, 4.69) is 5.32 Å². The molecule has 0 fully saturated rings. The maximum absolute atomic E-state index is 13.0. The Morgan fingerprint density at radius 1 is 1.42 bits per heavy atom. The summed E-state index contributed by atoms with van der Waals surface area (Å²) < 4.78 is 17.9. The van der Waals surface area contributed by atoms with E-state index in [0.717, 1.165) is 5.56 Å². The van der Waals surface area contributed by atoms with Gasteiger partial charge in [0, 0.05) is 6.54 Å². The highest BCUT2D eigenvalue weighted by Gasteiger charge is 2.16. The van der Waals surface area contributed by atoms with Crippen LogP contribution in [0.2, 0.25) is 0 Å². The Bertz CT molecular complexity index is 448. The van der Waals surface area contributed by atoms with Crippen molar-refractivity contribution in [3.8, 4) is 0 Å². The summed E-state index contributed by atoms with van der Waals surface area (Å²) in [5.41, 5.74) is 0.724. The van der Waals surface area contributed by atoms with Crippen molar-refractivity contribution in [3.05, 3.63) is 35.6 Å². The number of rotatable bonds is 6. The van der Waals surface area contributed by atoms with Gasteiger partial charge < -0.3 is 10.1 Å². The molecule has 0 heterocycles. The third kappa shape index (κ3) is 5.50. The predicted octanol–water partition coefficient (Wildman–Crippen LogP) is 1.68. The highest BCUT2D eigenvalue weighted by molar-refractivity contribution is 5.81. The fourth-order valence-corrected chi connectivity index (χ4v) is 1.63. The number of carbonyl (C=O) groups is 2. The van der Waals surface area contributed by atoms with E-state index in [-0.39, 0.29) is 18.3 Å². The Morgan fingerprint density at radius 3 is 2.79 bits per heavy atom. The van der Waals surface area contributed by atoms with Gasteiger partial charge in [-0.1, -0.05) is 19.1 Å². The number of nitrogens with one attached hydrogen (secondary N) is 1. The van der Waals surface area contributed by atoms with Crippen LogP contribution in [0.3, 0.4) is 0 Å². The molecule has 0 aliphatic rings. The Labute approximate surface area is 112 Å². The van der Waals surface area contributed by atoms with Crippen molar-refractivity contribution in [2.24, 2.45) is 5.92 Å². The Balaban J connectivity index is 2.42. The number of likely N-dealkylation sites (N-methyl/N-ethyl adjacent to an activating group) is 1. The van der Waals surface area contributed by atoms with Crippen molar-refractivity contribution in [2.75, 3.05) is 13.2 Å². The molecule has 19 heavy (non-hydrogen) atoms. The summed E-state index contributed by atoms with van der Waals surface area (Å²) in [5, 5.41) is 2.53. The molecule has 0 saturated carbocycles. The third-order valence-corrected chi connectivity index (χ3v) is 2.55. The van der Waals surface area contributed by atoms with Gasteiger partial charge in [-0.2, -0.15) is 0 Å². The van der Waals surface area contributed by atoms with E-state index in [1.807, 2.05) is 0 Å². The van der Waals surface area contributed by atoms with Gasteiger partial charge in [-0.3, -0.25) is 9.59 Å². The zero-order valence-corrected chi connectivity index (χ0v) is 11.1. The summed E-state index contributed by atoms with van der Waals surface area (Å²) in [7, 11) is 0. The largest absolute Gasteiger partial charge is 0.455 e. The van der Waals surface area contributed by atoms with E-state index in [4.69, 9.17) is 4.74 Å². The SMILES string of the molecule is CCNC(=O)COC(=O)C(C)Cc1cccc(F)c1. The van der Waals surface area contributed by atoms with Gasteiger partial charge >= 0.3 is 5.97 Å². The Morgan fingerprint density at radius 2 is 2.16 bits per heavy atom. The zero-order valence-electron chi connectivity index (χ0n) is 11.1. The minimum atomic E-state index is -0.462. The lowest BCUT2D eigenvalue weighted by Gasteiger charge is -2.11. The zero-order chi connectivity index (χ0) is 14.3. The van der Waals surface area contributed by atoms with E-state index in [9.17, 15) is 14.0 Å². The van der Waals surface area contributed by atoms with Crippen molar-refractivity contribution >= 4 is 11.9 Å². The maximum atomic E-state index is 13.0. The van der Waals surface area contributed by atoms with Gasteiger partial charge in [-0.15, -0.1) is 0 Å². The van der Waals surface area contributed by atoms with Crippen LogP contribution < -0.4 is 5.32 Å². The second-order valence-corrected chi connectivity index (χ2v) is 4.30. The minimum absolute atomic E-state index is 0.278. The van der Waals surface area contributed by atoms with Crippen LogP contribution in [0.15, 0.2) is 24.3 Å². The van der Waals surface area contributed by atoms with Gasteiger partial charge in [-0.05, 0) is 31.0 Å². The van der Waals surface area contributed by atoms with Crippen LogP contribution in [-0.4, -0.2) is 25.0 Å². The number of hydrogen-bond donors (Lipinski definition) is 1. The summed E-state index contributed by atoms with van der Waals surface area (Å²) in [5.74, 6) is -1.54. The second kappa shape index (κ2) is 7.51. The van der Waals surface area contributed by atoms with E-state index in [1.165, 1.54) is 12.1 Å². The van der Waals surface area contributed by atoms with Crippen LogP contribution >= 0.6 is 0 Å². The number of hydrogen-bond acceptors (Lipinski definition) is 3. The molecule has 4 nitrogen and oxygen atoms in total. The molecular formula is C14H18FNO3. The summed E-state index contributed by atoms with van der Waals surface area (Å²) >= 11 is 0. The van der Waals surface area contributed by atoms with Gasteiger partial charge in [0.05, 0.1) is 5.92 Å². The van der Waals surface area contributed by atoms with Crippen LogP contribution in [0.4, 0.5) is 4.39 Å². The topological polar surface area (TPSA) is 55.4 Å². The van der Waals surface area contributed by atoms with Crippen LogP contribution in [0.5, 0.6) is 0 Å². The Kier molecular flexibility index (Phi) is 5.99. The number of halogens is 1. The monoisotopic (exact) mass is 267 g/mol. The number of amides is 1. The molecule has 1 aromatic rings. The summed E-state index contributed by atoms with van der Waals surface area (Å²) in [6.45, 7) is 3.69. The molecule has 1 amide bonds. The fourth-order valence-electron chi connectivity index (χ4n) is 1.63. The molecule has 5 heteroatoms. The molecule has 0 bridgehead atoms. The van der Waals surface area contributed by atoms with E-state index in [0.29, 0.717) is 13.0 Å². The van der Waals surface area contributed by atoms with Crippen molar-refractivity contribution < 1.29 is 18.7 Å². The van der Waals surface area contributed by atoms with Gasteiger partial charge in [-0.25, -0.2) is 4.39 Å². The number of carbonyl (C=O) groups excluding carboxylic acids is 2. The minimum Gasteiger partial charge on any atom is -0.455 e. The second-order valence-electron chi connectivity index (χ2n) is 4.30. The molecule has 1 aromatic carbocycles. The first-order valence-electron chi connectivity index (χ1n) is 6.20. The van der Waals surface area contributed by atoms with Crippen LogP contribution in [0.25, 0.3) is 0 Å². The summed E-state index contributed by atoms with van der Waals surface area (Å²) in [4.78, 5) is 22.8. The average molecular weight is 267 g/mol.